The third-order valence-electron chi connectivity index (χ3n) is 8.87. The van der Waals surface area contributed by atoms with E-state index in [2.05, 4.69) is 173 Å². The molecule has 8 aromatic carbocycles. The summed E-state index contributed by atoms with van der Waals surface area (Å²) in [5.74, 6) is 0. The third-order valence-corrected chi connectivity index (χ3v) is 8.87. The molecule has 0 atom stereocenters. The number of benzene rings is 4. The largest absolute Gasteiger partial charge is 2.00 e. The van der Waals surface area contributed by atoms with Crippen LogP contribution in [0.3, 0.4) is 0 Å². The molecule has 0 aromatic heterocycles. The van der Waals surface area contributed by atoms with Crippen LogP contribution in [0.4, 0.5) is 0 Å². The fraction of sp³-hybridized carbons (Fsp3) is 0.250. The molecule has 0 heterocycles. The first-order valence-corrected chi connectivity index (χ1v) is 18.2. The zero-order chi connectivity index (χ0) is 33.6. The van der Waals surface area contributed by atoms with Crippen LogP contribution in [-0.4, -0.2) is 0 Å². The van der Waals surface area contributed by atoms with Crippen molar-refractivity contribution in [3.8, 4) is 0 Å². The van der Waals surface area contributed by atoms with Gasteiger partial charge in [0.15, 0.2) is 0 Å². The molecule has 8 rings (SSSR count). The molecule has 52 heavy (non-hydrogen) atoms. The van der Waals surface area contributed by atoms with E-state index in [0.29, 0.717) is 0 Å². The Morgan fingerprint density at radius 1 is 0.327 bits per heavy atom. The van der Waals surface area contributed by atoms with E-state index in [9.17, 15) is 0 Å². The smallest absolute Gasteiger partial charge is 1.00 e. The van der Waals surface area contributed by atoms with Gasteiger partial charge < -0.3 is 24.8 Å². The summed E-state index contributed by atoms with van der Waals surface area (Å²) in [7, 11) is 0. The van der Waals surface area contributed by atoms with E-state index in [1.807, 2.05) is 0 Å². The second-order valence-electron chi connectivity index (χ2n) is 13.0. The first-order chi connectivity index (χ1) is 23.6. The first-order valence-electron chi connectivity index (χ1n) is 18.2. The molecular formula is C48H52Cl2Zr2-2. The Morgan fingerprint density at radius 3 is 0.692 bits per heavy atom. The Balaban J connectivity index is 0.000000338. The number of hydrogen-bond acceptors (Lipinski definition) is 0. The zero-order valence-corrected chi connectivity index (χ0v) is 37.7. The Bertz CT molecular complexity index is 1670. The summed E-state index contributed by atoms with van der Waals surface area (Å²) < 4.78 is 0. The second kappa shape index (κ2) is 25.6. The van der Waals surface area contributed by atoms with Crippen LogP contribution in [0.1, 0.15) is 75.6 Å². The van der Waals surface area contributed by atoms with Crippen LogP contribution >= 0.6 is 0 Å². The Morgan fingerprint density at radius 2 is 0.519 bits per heavy atom. The van der Waals surface area contributed by atoms with Crippen LogP contribution in [0.25, 0.3) is 43.1 Å². The van der Waals surface area contributed by atoms with Crippen molar-refractivity contribution < 1.29 is 77.2 Å². The predicted octanol–water partition coefficient (Wildman–Crippen LogP) is 8.05. The molecule has 0 radical (unpaired) electrons. The standard InChI is InChI=1S/4C12H13.2ClH.2Zr/c4*1-2-5-10-8-11-6-3-4-7-12(11)9-10;;;;/h4*3-4,6-9H,2,5H2,1H3;2*1H;;/q4*-1;;;2*+2/p-2. The van der Waals surface area contributed by atoms with Crippen molar-refractivity contribution in [3.05, 3.63) is 168 Å². The normalized spacial score (nSPS) is 9.92. The molecule has 0 saturated carbocycles. The van der Waals surface area contributed by atoms with Gasteiger partial charge in [-0.1, -0.05) is 77.6 Å². The molecule has 0 aliphatic heterocycles. The van der Waals surface area contributed by atoms with Gasteiger partial charge in [-0.2, -0.15) is 24.3 Å². The fourth-order valence-electron chi connectivity index (χ4n) is 6.59. The molecule has 0 amide bonds. The molecule has 0 N–H and O–H groups in total. The predicted molar refractivity (Wildman–Crippen MR) is 214 cm³/mol. The van der Waals surface area contributed by atoms with E-state index in [4.69, 9.17) is 0 Å². The van der Waals surface area contributed by atoms with E-state index in [0.717, 1.165) is 0 Å². The van der Waals surface area contributed by atoms with Gasteiger partial charge in [0.1, 0.15) is 0 Å². The minimum absolute atomic E-state index is 0. The van der Waals surface area contributed by atoms with Gasteiger partial charge >= 0.3 is 52.4 Å². The van der Waals surface area contributed by atoms with Gasteiger partial charge in [0.05, 0.1) is 0 Å². The maximum atomic E-state index is 2.29. The molecule has 0 fully saturated rings. The van der Waals surface area contributed by atoms with Crippen LogP contribution in [-0.2, 0) is 78.1 Å². The van der Waals surface area contributed by atoms with E-state index < -0.39 is 0 Å². The summed E-state index contributed by atoms with van der Waals surface area (Å²) in [6, 6.07) is 52.5. The molecule has 0 bridgehead atoms. The van der Waals surface area contributed by atoms with Crippen molar-refractivity contribution in [3.63, 3.8) is 0 Å². The van der Waals surface area contributed by atoms with Crippen molar-refractivity contribution in [2.24, 2.45) is 0 Å². The van der Waals surface area contributed by atoms with Crippen molar-refractivity contribution in [1.82, 2.24) is 0 Å². The molecular weight excluding hydrogens is 830 g/mol. The Hall–Kier alpha value is -2.33. The molecule has 0 saturated heterocycles. The maximum absolute atomic E-state index is 2.29. The van der Waals surface area contributed by atoms with Gasteiger partial charge in [-0.3, -0.25) is 0 Å². The molecule has 0 nitrogen and oxygen atoms in total. The topological polar surface area (TPSA) is 0 Å². The summed E-state index contributed by atoms with van der Waals surface area (Å²) >= 11 is 0. The van der Waals surface area contributed by atoms with Crippen LogP contribution in [0.2, 0.25) is 0 Å². The molecule has 268 valence electrons. The van der Waals surface area contributed by atoms with E-state index in [-0.39, 0.29) is 77.2 Å². The van der Waals surface area contributed by atoms with Crippen molar-refractivity contribution in [1.29, 1.82) is 0 Å². The summed E-state index contributed by atoms with van der Waals surface area (Å²) in [6.07, 6.45) is 9.74. The average Bonchev–Trinajstić information content (AvgIpc) is 3.90. The Labute approximate surface area is 363 Å². The molecule has 0 unspecified atom stereocenters. The van der Waals surface area contributed by atoms with Crippen LogP contribution in [0.5, 0.6) is 0 Å². The molecule has 0 aliphatic carbocycles. The molecule has 0 aliphatic rings. The monoisotopic (exact) mass is 878 g/mol. The van der Waals surface area contributed by atoms with Gasteiger partial charge in [0.25, 0.3) is 0 Å². The number of rotatable bonds is 8. The SMILES string of the molecule is CCCc1cc2ccccc2[cH-]1.CCCc1cc2ccccc2[cH-]1.CCCc1cc2ccccc2[cH-]1.CCCc1cc2ccccc2[cH-]1.[Cl-].[Cl-].[Zr+2].[Zr+2]. The van der Waals surface area contributed by atoms with Gasteiger partial charge in [-0.05, 0) is 25.7 Å². The minimum Gasteiger partial charge on any atom is -1.00 e. The van der Waals surface area contributed by atoms with Gasteiger partial charge in [-0.25, -0.2) is 0 Å². The van der Waals surface area contributed by atoms with Gasteiger partial charge in [0, 0.05) is 0 Å². The van der Waals surface area contributed by atoms with E-state index >= 15 is 0 Å². The summed E-state index contributed by atoms with van der Waals surface area (Å²) in [5, 5.41) is 11.0. The van der Waals surface area contributed by atoms with E-state index in [1.165, 1.54) is 117 Å². The van der Waals surface area contributed by atoms with Crippen molar-refractivity contribution >= 4 is 43.1 Å². The van der Waals surface area contributed by atoms with Gasteiger partial charge in [-0.15, -0.1) is 162 Å². The summed E-state index contributed by atoms with van der Waals surface area (Å²) in [5.41, 5.74) is 5.88. The summed E-state index contributed by atoms with van der Waals surface area (Å²) in [6.45, 7) is 8.88. The van der Waals surface area contributed by atoms with Gasteiger partial charge in [0.2, 0.25) is 0 Å². The Kier molecular flexibility index (Phi) is 23.5. The third kappa shape index (κ3) is 14.1. The minimum atomic E-state index is 0. The number of aryl methyl sites for hydroxylation is 4. The quantitative estimate of drug-likeness (QED) is 0.136. The number of fused-ring (bicyclic) bond motifs is 4. The van der Waals surface area contributed by atoms with Crippen LogP contribution < -0.4 is 24.8 Å². The molecule has 0 spiro atoms. The van der Waals surface area contributed by atoms with Crippen molar-refractivity contribution in [2.75, 3.05) is 0 Å². The van der Waals surface area contributed by atoms with Crippen LogP contribution in [0.15, 0.2) is 146 Å². The number of hydrogen-bond donors (Lipinski definition) is 0. The molecule has 4 heteroatoms. The average molecular weight is 882 g/mol. The summed E-state index contributed by atoms with van der Waals surface area (Å²) in [4.78, 5) is 0. The van der Waals surface area contributed by atoms with Crippen LogP contribution in [0, 0.1) is 0 Å². The zero-order valence-electron chi connectivity index (χ0n) is 31.3. The fourth-order valence-corrected chi connectivity index (χ4v) is 6.59. The van der Waals surface area contributed by atoms with E-state index in [1.54, 1.807) is 0 Å². The molecule has 8 aromatic rings. The first kappa shape index (κ1) is 47.7. The number of halogens is 2. The maximum Gasteiger partial charge on any atom is 2.00 e. The van der Waals surface area contributed by atoms with Crippen molar-refractivity contribution in [2.45, 2.75) is 79.1 Å². The second-order valence-corrected chi connectivity index (χ2v) is 13.0.